The first-order valence-corrected chi connectivity index (χ1v) is 6.09. The van der Waals surface area contributed by atoms with E-state index in [1.807, 2.05) is 63.2 Å². The molecule has 1 N–H and O–H groups in total. The average molecular weight is 229 g/mol. The van der Waals surface area contributed by atoms with E-state index in [9.17, 15) is 4.79 Å². The Labute approximate surface area is 102 Å². The molecule has 0 radical (unpaired) electrons. The second-order valence-electron chi connectivity index (χ2n) is 3.45. The molecule has 0 unspecified atom stereocenters. The van der Waals surface area contributed by atoms with Gasteiger partial charge in [-0.1, -0.05) is 57.2 Å². The van der Waals surface area contributed by atoms with E-state index >= 15 is 0 Å². The summed E-state index contributed by atoms with van der Waals surface area (Å²) >= 11 is 0. The van der Waals surface area contributed by atoms with Crippen molar-refractivity contribution in [2.24, 2.45) is 0 Å². The quantitative estimate of drug-likeness (QED) is 0.838. The number of aromatic nitrogens is 1. The van der Waals surface area contributed by atoms with Crippen LogP contribution >= 0.6 is 0 Å². The molecule has 0 saturated heterocycles. The molecule has 2 heteroatoms. The van der Waals surface area contributed by atoms with Gasteiger partial charge in [-0.2, -0.15) is 0 Å². The molecule has 0 atom stereocenters. The van der Waals surface area contributed by atoms with Gasteiger partial charge in [-0.15, -0.1) is 0 Å². The van der Waals surface area contributed by atoms with Crippen molar-refractivity contribution in [1.82, 2.24) is 4.98 Å². The topological polar surface area (TPSA) is 32.9 Å². The molecule has 0 fully saturated rings. The Balaban J connectivity index is 0.000000686. The van der Waals surface area contributed by atoms with Crippen LogP contribution in [0.15, 0.2) is 47.3 Å². The number of pyridine rings is 1. The summed E-state index contributed by atoms with van der Waals surface area (Å²) in [6.45, 7) is 5.98. The van der Waals surface area contributed by atoms with Crippen LogP contribution in [-0.4, -0.2) is 4.98 Å². The maximum atomic E-state index is 11.6. The van der Waals surface area contributed by atoms with Gasteiger partial charge in [-0.25, -0.2) is 0 Å². The maximum absolute atomic E-state index is 11.6. The van der Waals surface area contributed by atoms with Crippen LogP contribution in [0.3, 0.4) is 0 Å². The lowest BCUT2D eigenvalue weighted by Crippen LogP contribution is -2.11. The molecule has 0 bridgehead atoms. The lowest BCUT2D eigenvalue weighted by atomic mass is 10.1. The number of rotatable bonds is 2. The third-order valence-electron chi connectivity index (χ3n) is 2.46. The van der Waals surface area contributed by atoms with Gasteiger partial charge in [0.25, 0.3) is 5.56 Å². The Morgan fingerprint density at radius 1 is 1.00 bits per heavy atom. The van der Waals surface area contributed by atoms with Crippen LogP contribution in [0, 0.1) is 0 Å². The smallest absolute Gasteiger partial charge is 0.251 e. The number of benzene rings is 1. The fraction of sp³-hybridized carbons (Fsp3) is 0.267. The first kappa shape index (κ1) is 13.2. The van der Waals surface area contributed by atoms with Gasteiger partial charge in [-0.05, 0) is 18.1 Å². The third kappa shape index (κ3) is 3.31. The summed E-state index contributed by atoms with van der Waals surface area (Å²) in [5.74, 6) is 0. The van der Waals surface area contributed by atoms with Crippen molar-refractivity contribution in [2.45, 2.75) is 27.2 Å². The molecular weight excluding hydrogens is 210 g/mol. The highest BCUT2D eigenvalue weighted by Gasteiger charge is 2.00. The molecule has 2 nitrogen and oxygen atoms in total. The van der Waals surface area contributed by atoms with Crippen LogP contribution < -0.4 is 5.56 Å². The van der Waals surface area contributed by atoms with E-state index in [0.29, 0.717) is 0 Å². The van der Waals surface area contributed by atoms with Gasteiger partial charge in [0.05, 0.1) is 0 Å². The fourth-order valence-corrected chi connectivity index (χ4v) is 1.57. The van der Waals surface area contributed by atoms with Gasteiger partial charge < -0.3 is 4.98 Å². The molecule has 0 spiro atoms. The standard InChI is InChI=1S/C13H13NO.C2H6/c1-2-10-8-9-12(14-13(10)15)11-6-4-3-5-7-11;1-2/h3-9H,2H2,1H3,(H,14,15);1-2H3. The van der Waals surface area contributed by atoms with Gasteiger partial charge in [0.15, 0.2) is 0 Å². The number of H-pyrrole nitrogens is 1. The fourth-order valence-electron chi connectivity index (χ4n) is 1.57. The summed E-state index contributed by atoms with van der Waals surface area (Å²) in [6, 6.07) is 13.7. The van der Waals surface area contributed by atoms with E-state index in [4.69, 9.17) is 0 Å². The number of nitrogens with one attached hydrogen (secondary N) is 1. The van der Waals surface area contributed by atoms with E-state index in [-0.39, 0.29) is 5.56 Å². The number of hydrogen-bond acceptors (Lipinski definition) is 1. The van der Waals surface area contributed by atoms with E-state index in [2.05, 4.69) is 4.98 Å². The van der Waals surface area contributed by atoms with Crippen LogP contribution in [0.4, 0.5) is 0 Å². The Morgan fingerprint density at radius 2 is 1.65 bits per heavy atom. The molecule has 0 aliphatic rings. The summed E-state index contributed by atoms with van der Waals surface area (Å²) in [6.07, 6.45) is 0.768. The van der Waals surface area contributed by atoms with Crippen LogP contribution in [0.1, 0.15) is 26.3 Å². The van der Waals surface area contributed by atoms with E-state index in [0.717, 1.165) is 23.2 Å². The zero-order valence-electron chi connectivity index (χ0n) is 10.7. The Kier molecular flexibility index (Phi) is 5.21. The second-order valence-corrected chi connectivity index (χ2v) is 3.45. The minimum Gasteiger partial charge on any atom is -0.322 e. The summed E-state index contributed by atoms with van der Waals surface area (Å²) in [5, 5.41) is 0. The lowest BCUT2D eigenvalue weighted by molar-refractivity contribution is 1.06. The molecule has 1 aromatic heterocycles. The van der Waals surface area contributed by atoms with Gasteiger partial charge in [-0.3, -0.25) is 4.79 Å². The van der Waals surface area contributed by atoms with Gasteiger partial charge in [0.1, 0.15) is 0 Å². The van der Waals surface area contributed by atoms with E-state index in [1.54, 1.807) is 0 Å². The largest absolute Gasteiger partial charge is 0.322 e. The highest BCUT2D eigenvalue weighted by Crippen LogP contribution is 2.14. The van der Waals surface area contributed by atoms with Crippen molar-refractivity contribution in [2.75, 3.05) is 0 Å². The summed E-state index contributed by atoms with van der Waals surface area (Å²) in [4.78, 5) is 14.5. The van der Waals surface area contributed by atoms with Crippen molar-refractivity contribution in [3.63, 3.8) is 0 Å². The highest BCUT2D eigenvalue weighted by atomic mass is 16.1. The molecule has 1 aromatic carbocycles. The molecule has 1 heterocycles. The maximum Gasteiger partial charge on any atom is 0.251 e. The van der Waals surface area contributed by atoms with Crippen LogP contribution in [-0.2, 0) is 6.42 Å². The van der Waals surface area contributed by atoms with Crippen molar-refractivity contribution in [3.05, 3.63) is 58.4 Å². The Hall–Kier alpha value is -1.83. The number of aromatic amines is 1. The second kappa shape index (κ2) is 6.69. The first-order valence-electron chi connectivity index (χ1n) is 6.09. The molecule has 90 valence electrons. The summed E-state index contributed by atoms with van der Waals surface area (Å²) in [5.41, 5.74) is 2.75. The highest BCUT2D eigenvalue weighted by molar-refractivity contribution is 5.58. The molecule has 0 amide bonds. The van der Waals surface area contributed by atoms with Crippen LogP contribution in [0.25, 0.3) is 11.3 Å². The van der Waals surface area contributed by atoms with Crippen LogP contribution in [0.2, 0.25) is 0 Å². The molecule has 17 heavy (non-hydrogen) atoms. The third-order valence-corrected chi connectivity index (χ3v) is 2.46. The zero-order chi connectivity index (χ0) is 12.7. The summed E-state index contributed by atoms with van der Waals surface area (Å²) < 4.78 is 0. The Morgan fingerprint density at radius 3 is 2.18 bits per heavy atom. The number of hydrogen-bond donors (Lipinski definition) is 1. The van der Waals surface area contributed by atoms with E-state index < -0.39 is 0 Å². The molecule has 0 aliphatic carbocycles. The minimum absolute atomic E-state index is 0.0128. The zero-order valence-corrected chi connectivity index (χ0v) is 10.7. The Bertz CT molecular complexity index is 500. The average Bonchev–Trinajstić information content (AvgIpc) is 2.42. The predicted octanol–water partition coefficient (Wildman–Crippen LogP) is 3.63. The van der Waals surface area contributed by atoms with Gasteiger partial charge in [0, 0.05) is 11.3 Å². The predicted molar refractivity (Wildman–Crippen MR) is 73.2 cm³/mol. The summed E-state index contributed by atoms with van der Waals surface area (Å²) in [7, 11) is 0. The molecule has 2 aromatic rings. The van der Waals surface area contributed by atoms with E-state index in [1.165, 1.54) is 0 Å². The number of aryl methyl sites for hydroxylation is 1. The first-order chi connectivity index (χ1) is 8.31. The van der Waals surface area contributed by atoms with Crippen molar-refractivity contribution in [3.8, 4) is 11.3 Å². The normalized spacial score (nSPS) is 9.35. The molecule has 2 rings (SSSR count). The molecule has 0 saturated carbocycles. The van der Waals surface area contributed by atoms with Crippen LogP contribution in [0.5, 0.6) is 0 Å². The molecule has 0 aliphatic heterocycles. The SMILES string of the molecule is CC.CCc1ccc(-c2ccccc2)[nH]c1=O. The van der Waals surface area contributed by atoms with Gasteiger partial charge in [0.2, 0.25) is 0 Å². The van der Waals surface area contributed by atoms with Crippen molar-refractivity contribution >= 4 is 0 Å². The molecular formula is C15H19NO. The monoisotopic (exact) mass is 229 g/mol. The van der Waals surface area contributed by atoms with Crippen molar-refractivity contribution < 1.29 is 0 Å². The van der Waals surface area contributed by atoms with Gasteiger partial charge >= 0.3 is 0 Å². The minimum atomic E-state index is 0.0128. The lowest BCUT2D eigenvalue weighted by Gasteiger charge is -2.02. The van der Waals surface area contributed by atoms with Crippen molar-refractivity contribution in [1.29, 1.82) is 0 Å².